The zero-order valence-electron chi connectivity index (χ0n) is 15.1. The number of thioether (sulfide) groups is 1. The van der Waals surface area contributed by atoms with E-state index >= 15 is 0 Å². The van der Waals surface area contributed by atoms with E-state index in [1.807, 2.05) is 16.8 Å². The van der Waals surface area contributed by atoms with Crippen molar-refractivity contribution in [2.45, 2.75) is 43.4 Å². The highest BCUT2D eigenvalue weighted by Crippen LogP contribution is 2.32. The molecule has 3 aromatic rings. The summed E-state index contributed by atoms with van der Waals surface area (Å²) < 4.78 is 2.56. The van der Waals surface area contributed by atoms with E-state index in [2.05, 4.69) is 65.0 Å². The van der Waals surface area contributed by atoms with Gasteiger partial charge in [0.2, 0.25) is 0 Å². The molecule has 0 atom stereocenters. The maximum Gasteiger partial charge on any atom is 0.137 e. The summed E-state index contributed by atoms with van der Waals surface area (Å²) in [5.74, 6) is 1.13. The average Bonchev–Trinajstić information content (AvgIpc) is 3.08. The lowest BCUT2D eigenvalue weighted by Crippen LogP contribution is -2.13. The molecule has 1 N–H and O–H groups in total. The van der Waals surface area contributed by atoms with Crippen molar-refractivity contribution in [2.75, 3.05) is 0 Å². The van der Waals surface area contributed by atoms with Crippen LogP contribution in [-0.2, 0) is 17.7 Å². The summed E-state index contributed by atoms with van der Waals surface area (Å²) in [5.41, 5.74) is 3.91. The van der Waals surface area contributed by atoms with Crippen molar-refractivity contribution in [3.63, 3.8) is 0 Å². The maximum atomic E-state index is 9.64. The molecule has 1 heterocycles. The lowest BCUT2D eigenvalue weighted by molar-refractivity contribution is 0.471. The average molecular weight is 432 g/mol. The first-order valence-corrected chi connectivity index (χ1v) is 10.2. The minimum absolute atomic E-state index is 0.0827. The predicted molar refractivity (Wildman–Crippen MR) is 110 cm³/mol. The van der Waals surface area contributed by atoms with Gasteiger partial charge in [0.1, 0.15) is 18.4 Å². The third-order valence-corrected chi connectivity index (χ3v) is 5.75. The molecule has 4 nitrogen and oxygen atoms in total. The highest BCUT2D eigenvalue weighted by molar-refractivity contribution is 9.10. The van der Waals surface area contributed by atoms with Crippen molar-refractivity contribution in [3.05, 3.63) is 70.2 Å². The Hall–Kier alpha value is -1.79. The normalized spacial score (nSPS) is 11.7. The van der Waals surface area contributed by atoms with Gasteiger partial charge in [-0.1, -0.05) is 39.0 Å². The molecule has 0 radical (unpaired) electrons. The first kappa shape index (κ1) is 19.0. The zero-order chi connectivity index (χ0) is 18.7. The standard InChI is InChI=1S/C20H22BrN3OS/c1-20(2,3)16-7-14(10-24-13-22-12-23-24)6-15(8-16)11-26-17-4-5-19(25)18(21)9-17/h4-9,12-13,25H,10-11H2,1-3H3. The number of benzene rings is 2. The molecule has 0 saturated carbocycles. The van der Waals surface area contributed by atoms with E-state index < -0.39 is 0 Å². The van der Waals surface area contributed by atoms with Crippen molar-refractivity contribution >= 4 is 27.7 Å². The van der Waals surface area contributed by atoms with Crippen LogP contribution in [0.4, 0.5) is 0 Å². The van der Waals surface area contributed by atoms with E-state index in [1.165, 1.54) is 16.7 Å². The van der Waals surface area contributed by atoms with E-state index in [0.717, 1.165) is 15.1 Å². The van der Waals surface area contributed by atoms with E-state index in [-0.39, 0.29) is 11.2 Å². The zero-order valence-corrected chi connectivity index (χ0v) is 17.5. The summed E-state index contributed by atoms with van der Waals surface area (Å²) in [7, 11) is 0. The van der Waals surface area contributed by atoms with Gasteiger partial charge in [-0.3, -0.25) is 0 Å². The van der Waals surface area contributed by atoms with Gasteiger partial charge in [-0.05, 0) is 56.2 Å². The molecule has 3 rings (SSSR count). The third-order valence-electron chi connectivity index (χ3n) is 4.05. The van der Waals surface area contributed by atoms with Crippen LogP contribution in [0, 0.1) is 0 Å². The minimum atomic E-state index is 0.0827. The molecule has 0 amide bonds. The summed E-state index contributed by atoms with van der Waals surface area (Å²) in [6, 6.07) is 12.4. The first-order valence-electron chi connectivity index (χ1n) is 8.38. The molecular weight excluding hydrogens is 410 g/mol. The molecule has 0 fully saturated rings. The Bertz CT molecular complexity index is 889. The highest BCUT2D eigenvalue weighted by atomic mass is 79.9. The fraction of sp³-hybridized carbons (Fsp3) is 0.300. The molecule has 0 spiro atoms. The topological polar surface area (TPSA) is 50.9 Å². The Morgan fingerprint density at radius 2 is 1.88 bits per heavy atom. The van der Waals surface area contributed by atoms with Crippen molar-refractivity contribution < 1.29 is 5.11 Å². The molecule has 0 bridgehead atoms. The van der Waals surface area contributed by atoms with Gasteiger partial charge in [0.15, 0.2) is 0 Å². The molecular formula is C20H22BrN3OS. The van der Waals surface area contributed by atoms with E-state index in [9.17, 15) is 5.11 Å². The Balaban J connectivity index is 1.83. The maximum absolute atomic E-state index is 9.64. The highest BCUT2D eigenvalue weighted by Gasteiger charge is 2.16. The monoisotopic (exact) mass is 431 g/mol. The second-order valence-electron chi connectivity index (χ2n) is 7.28. The van der Waals surface area contributed by atoms with Crippen LogP contribution in [0.3, 0.4) is 0 Å². The molecule has 1 aromatic heterocycles. The van der Waals surface area contributed by atoms with Crippen LogP contribution in [0.5, 0.6) is 5.75 Å². The summed E-state index contributed by atoms with van der Waals surface area (Å²) in [6.45, 7) is 7.41. The van der Waals surface area contributed by atoms with Crippen LogP contribution in [0.1, 0.15) is 37.5 Å². The second kappa shape index (κ2) is 7.84. The lowest BCUT2D eigenvalue weighted by atomic mass is 9.85. The molecule has 0 saturated heterocycles. The van der Waals surface area contributed by atoms with Crippen LogP contribution in [0.2, 0.25) is 0 Å². The Labute approximate surface area is 166 Å². The van der Waals surface area contributed by atoms with Gasteiger partial charge in [0.05, 0.1) is 11.0 Å². The second-order valence-corrected chi connectivity index (χ2v) is 9.19. The van der Waals surface area contributed by atoms with Crippen LogP contribution in [-0.4, -0.2) is 19.9 Å². The number of hydrogen-bond donors (Lipinski definition) is 1. The SMILES string of the molecule is CC(C)(C)c1cc(CSc2ccc(O)c(Br)c2)cc(Cn2cncn2)c1. The van der Waals surface area contributed by atoms with Gasteiger partial charge < -0.3 is 5.11 Å². The van der Waals surface area contributed by atoms with E-state index in [0.29, 0.717) is 6.54 Å². The molecule has 0 aliphatic heterocycles. The molecule has 0 aliphatic carbocycles. The first-order chi connectivity index (χ1) is 12.3. The molecule has 26 heavy (non-hydrogen) atoms. The number of halogens is 1. The number of nitrogens with zero attached hydrogens (tertiary/aromatic N) is 3. The quantitative estimate of drug-likeness (QED) is 0.550. The third kappa shape index (κ3) is 4.89. The van der Waals surface area contributed by atoms with Gasteiger partial charge in [0, 0.05) is 10.6 Å². The summed E-state index contributed by atoms with van der Waals surface area (Å²) in [4.78, 5) is 5.15. The number of aromatic hydroxyl groups is 1. The van der Waals surface area contributed by atoms with E-state index in [1.54, 1.807) is 30.5 Å². The van der Waals surface area contributed by atoms with Crippen LogP contribution in [0.25, 0.3) is 0 Å². The van der Waals surface area contributed by atoms with Crippen molar-refractivity contribution in [2.24, 2.45) is 0 Å². The molecule has 0 aliphatic rings. The molecule has 6 heteroatoms. The fourth-order valence-electron chi connectivity index (χ4n) is 2.62. The Morgan fingerprint density at radius 3 is 2.54 bits per heavy atom. The lowest BCUT2D eigenvalue weighted by Gasteiger charge is -2.21. The van der Waals surface area contributed by atoms with Crippen molar-refractivity contribution in [1.29, 1.82) is 0 Å². The van der Waals surface area contributed by atoms with Gasteiger partial charge in [-0.25, -0.2) is 9.67 Å². The van der Waals surface area contributed by atoms with Gasteiger partial charge in [-0.2, -0.15) is 5.10 Å². The number of phenolic OH excluding ortho intramolecular Hbond substituents is 1. The fourth-order valence-corrected chi connectivity index (χ4v) is 4.01. The number of hydrogen-bond acceptors (Lipinski definition) is 4. The number of rotatable bonds is 5. The van der Waals surface area contributed by atoms with Crippen LogP contribution in [0.15, 0.2) is 58.4 Å². The van der Waals surface area contributed by atoms with Crippen LogP contribution >= 0.6 is 27.7 Å². The Morgan fingerprint density at radius 1 is 1.12 bits per heavy atom. The molecule has 0 unspecified atom stereocenters. The largest absolute Gasteiger partial charge is 0.507 e. The smallest absolute Gasteiger partial charge is 0.137 e. The van der Waals surface area contributed by atoms with Gasteiger partial charge >= 0.3 is 0 Å². The van der Waals surface area contributed by atoms with Gasteiger partial charge in [0.25, 0.3) is 0 Å². The Kier molecular flexibility index (Phi) is 5.73. The summed E-state index contributed by atoms with van der Waals surface area (Å²) in [6.07, 6.45) is 3.30. The van der Waals surface area contributed by atoms with E-state index in [4.69, 9.17) is 0 Å². The van der Waals surface area contributed by atoms with Crippen LogP contribution < -0.4 is 0 Å². The number of aromatic nitrogens is 3. The minimum Gasteiger partial charge on any atom is -0.507 e. The van der Waals surface area contributed by atoms with Crippen molar-refractivity contribution in [3.8, 4) is 5.75 Å². The molecule has 2 aromatic carbocycles. The summed E-state index contributed by atoms with van der Waals surface area (Å²) >= 11 is 5.13. The number of phenols is 1. The van der Waals surface area contributed by atoms with Crippen molar-refractivity contribution in [1.82, 2.24) is 14.8 Å². The predicted octanol–water partition coefficient (Wildman–Crippen LogP) is 5.38. The summed E-state index contributed by atoms with van der Waals surface area (Å²) in [5, 5.41) is 13.9. The van der Waals surface area contributed by atoms with Gasteiger partial charge in [-0.15, -0.1) is 11.8 Å². The molecule has 136 valence electrons.